The van der Waals surface area contributed by atoms with Crippen LogP contribution in [0.4, 0.5) is 4.39 Å². The monoisotopic (exact) mass is 314 g/mol. The molecule has 0 unspecified atom stereocenters. The second-order valence-corrected chi connectivity index (χ2v) is 5.31. The Labute approximate surface area is 131 Å². The number of hydrogen-bond donors (Lipinski definition) is 1. The molecule has 0 aliphatic heterocycles. The molecular formula is C17H15FN2O3. The number of aromatic nitrogens is 1. The van der Waals surface area contributed by atoms with Crippen LogP contribution in [0, 0.1) is 5.82 Å². The molecule has 5 nitrogen and oxygen atoms in total. The van der Waals surface area contributed by atoms with Gasteiger partial charge in [0.2, 0.25) is 5.91 Å². The molecule has 0 aliphatic rings. The maximum Gasteiger partial charge on any atom is 0.419 e. The van der Waals surface area contributed by atoms with E-state index >= 15 is 0 Å². The molecule has 1 N–H and O–H groups in total. The van der Waals surface area contributed by atoms with E-state index in [0.717, 1.165) is 5.56 Å². The molecule has 1 heterocycles. The van der Waals surface area contributed by atoms with Gasteiger partial charge in [-0.15, -0.1) is 0 Å². The Morgan fingerprint density at radius 3 is 2.83 bits per heavy atom. The Balaban J connectivity index is 1.67. The van der Waals surface area contributed by atoms with Gasteiger partial charge in [0.15, 0.2) is 5.58 Å². The molecule has 3 rings (SSSR count). The van der Waals surface area contributed by atoms with E-state index in [1.807, 2.05) is 0 Å². The molecular weight excluding hydrogens is 299 g/mol. The number of amides is 1. The largest absolute Gasteiger partial charge is 0.419 e. The number of aryl methyl sites for hydroxylation is 1. The summed E-state index contributed by atoms with van der Waals surface area (Å²) in [5.74, 6) is -0.981. The summed E-state index contributed by atoms with van der Waals surface area (Å²) in [6.45, 7) is 0.323. The van der Waals surface area contributed by atoms with Gasteiger partial charge in [-0.3, -0.25) is 9.36 Å². The van der Waals surface area contributed by atoms with Crippen LogP contribution >= 0.6 is 0 Å². The normalized spacial score (nSPS) is 10.9. The van der Waals surface area contributed by atoms with Crippen LogP contribution in [0.5, 0.6) is 0 Å². The molecule has 118 valence electrons. The molecule has 6 heteroatoms. The molecule has 1 aromatic heterocycles. The molecule has 0 bridgehead atoms. The van der Waals surface area contributed by atoms with Crippen molar-refractivity contribution in [3.8, 4) is 0 Å². The van der Waals surface area contributed by atoms with Crippen LogP contribution in [-0.2, 0) is 24.8 Å². The molecule has 1 amide bonds. The number of carbonyl (C=O) groups excluding carboxylic acids is 1. The zero-order valence-electron chi connectivity index (χ0n) is 12.5. The van der Waals surface area contributed by atoms with E-state index in [4.69, 9.17) is 4.42 Å². The van der Waals surface area contributed by atoms with Crippen molar-refractivity contribution in [1.29, 1.82) is 0 Å². The topological polar surface area (TPSA) is 64.2 Å². The molecule has 0 atom stereocenters. The SMILES string of the molecule is Cn1c(=O)oc2ccc(CNC(=O)Cc3cccc(F)c3)cc21. The van der Waals surface area contributed by atoms with Gasteiger partial charge in [-0.25, -0.2) is 9.18 Å². The fraction of sp³-hybridized carbons (Fsp3) is 0.176. The molecule has 0 saturated carbocycles. The lowest BCUT2D eigenvalue weighted by Crippen LogP contribution is -2.24. The first-order valence-electron chi connectivity index (χ1n) is 7.12. The summed E-state index contributed by atoms with van der Waals surface area (Å²) < 4.78 is 19.6. The van der Waals surface area contributed by atoms with Gasteiger partial charge in [-0.05, 0) is 35.4 Å². The second kappa shape index (κ2) is 6.08. The third-order valence-corrected chi connectivity index (χ3v) is 3.60. The summed E-state index contributed by atoms with van der Waals surface area (Å²) in [6.07, 6.45) is 0.115. The lowest BCUT2D eigenvalue weighted by Gasteiger charge is -2.06. The van der Waals surface area contributed by atoms with E-state index in [1.54, 1.807) is 37.4 Å². The van der Waals surface area contributed by atoms with E-state index in [1.165, 1.54) is 16.7 Å². The Kier molecular flexibility index (Phi) is 3.97. The average molecular weight is 314 g/mol. The van der Waals surface area contributed by atoms with Gasteiger partial charge in [-0.1, -0.05) is 18.2 Å². The quantitative estimate of drug-likeness (QED) is 0.802. The lowest BCUT2D eigenvalue weighted by molar-refractivity contribution is -0.120. The Bertz CT molecular complexity index is 927. The van der Waals surface area contributed by atoms with E-state index in [0.29, 0.717) is 23.2 Å². The first-order chi connectivity index (χ1) is 11.0. The van der Waals surface area contributed by atoms with Gasteiger partial charge in [0.05, 0.1) is 11.9 Å². The number of nitrogens with zero attached hydrogens (tertiary/aromatic N) is 1. The highest BCUT2D eigenvalue weighted by Crippen LogP contribution is 2.14. The standard InChI is InChI=1S/C17H15FN2O3/c1-20-14-8-12(5-6-15(14)23-17(20)22)10-19-16(21)9-11-3-2-4-13(18)7-11/h2-8H,9-10H2,1H3,(H,19,21). The number of benzene rings is 2. The second-order valence-electron chi connectivity index (χ2n) is 5.31. The number of fused-ring (bicyclic) bond motifs is 1. The van der Waals surface area contributed by atoms with Crippen LogP contribution < -0.4 is 11.1 Å². The van der Waals surface area contributed by atoms with Gasteiger partial charge in [-0.2, -0.15) is 0 Å². The highest BCUT2D eigenvalue weighted by Gasteiger charge is 2.08. The molecule has 23 heavy (non-hydrogen) atoms. The number of nitrogens with one attached hydrogen (secondary N) is 1. The maximum atomic E-state index is 13.1. The first-order valence-corrected chi connectivity index (χ1v) is 7.12. The predicted molar refractivity (Wildman–Crippen MR) is 83.4 cm³/mol. The van der Waals surface area contributed by atoms with E-state index in [-0.39, 0.29) is 18.1 Å². The van der Waals surface area contributed by atoms with E-state index in [2.05, 4.69) is 5.32 Å². The molecule has 0 radical (unpaired) electrons. The number of carbonyl (C=O) groups is 1. The van der Waals surface area contributed by atoms with Gasteiger partial charge in [0.1, 0.15) is 5.82 Å². The fourth-order valence-corrected chi connectivity index (χ4v) is 2.38. The molecule has 0 saturated heterocycles. The van der Waals surface area contributed by atoms with E-state index in [9.17, 15) is 14.0 Å². The minimum Gasteiger partial charge on any atom is -0.408 e. The van der Waals surface area contributed by atoms with Crippen molar-refractivity contribution in [3.63, 3.8) is 0 Å². The Morgan fingerprint density at radius 1 is 1.22 bits per heavy atom. The third kappa shape index (κ3) is 3.31. The third-order valence-electron chi connectivity index (χ3n) is 3.60. The average Bonchev–Trinajstić information content (AvgIpc) is 2.80. The summed E-state index contributed by atoms with van der Waals surface area (Å²) in [5.41, 5.74) is 2.65. The van der Waals surface area contributed by atoms with Crippen molar-refractivity contribution in [2.45, 2.75) is 13.0 Å². The van der Waals surface area contributed by atoms with Crippen molar-refractivity contribution in [1.82, 2.24) is 9.88 Å². The van der Waals surface area contributed by atoms with Crippen molar-refractivity contribution in [3.05, 3.63) is 70.0 Å². The van der Waals surface area contributed by atoms with Gasteiger partial charge in [0.25, 0.3) is 0 Å². The zero-order chi connectivity index (χ0) is 16.4. The van der Waals surface area contributed by atoms with Gasteiger partial charge in [0, 0.05) is 13.6 Å². The fourth-order valence-electron chi connectivity index (χ4n) is 2.38. The van der Waals surface area contributed by atoms with Crippen LogP contribution in [0.1, 0.15) is 11.1 Å². The highest BCUT2D eigenvalue weighted by atomic mass is 19.1. The number of oxazole rings is 1. The lowest BCUT2D eigenvalue weighted by atomic mass is 10.1. The zero-order valence-corrected chi connectivity index (χ0v) is 12.5. The summed E-state index contributed by atoms with van der Waals surface area (Å²) in [7, 11) is 1.63. The Morgan fingerprint density at radius 2 is 2.04 bits per heavy atom. The predicted octanol–water partition coefficient (Wildman–Crippen LogP) is 2.13. The van der Waals surface area contributed by atoms with Crippen molar-refractivity contribution < 1.29 is 13.6 Å². The minimum atomic E-state index is -0.424. The molecule has 0 fully saturated rings. The van der Waals surface area contributed by atoms with Crippen LogP contribution in [-0.4, -0.2) is 10.5 Å². The van der Waals surface area contributed by atoms with E-state index < -0.39 is 5.76 Å². The Hall–Kier alpha value is -2.89. The van der Waals surface area contributed by atoms with Crippen molar-refractivity contribution in [2.75, 3.05) is 0 Å². The van der Waals surface area contributed by atoms with Crippen molar-refractivity contribution >= 4 is 17.0 Å². The van der Waals surface area contributed by atoms with Crippen molar-refractivity contribution in [2.24, 2.45) is 7.05 Å². The first kappa shape index (κ1) is 15.0. The summed E-state index contributed by atoms with van der Waals surface area (Å²) in [6, 6.07) is 11.2. The van der Waals surface area contributed by atoms with Crippen LogP contribution in [0.25, 0.3) is 11.1 Å². The minimum absolute atomic E-state index is 0.115. The number of halogens is 1. The van der Waals surface area contributed by atoms with Gasteiger partial charge >= 0.3 is 5.76 Å². The molecule has 0 spiro atoms. The van der Waals surface area contributed by atoms with Gasteiger partial charge < -0.3 is 9.73 Å². The van der Waals surface area contributed by atoms with Crippen LogP contribution in [0.15, 0.2) is 51.7 Å². The number of hydrogen-bond acceptors (Lipinski definition) is 3. The van der Waals surface area contributed by atoms with Crippen LogP contribution in [0.3, 0.4) is 0 Å². The summed E-state index contributed by atoms with van der Waals surface area (Å²) in [5, 5.41) is 2.78. The summed E-state index contributed by atoms with van der Waals surface area (Å²) >= 11 is 0. The van der Waals surface area contributed by atoms with Crippen LogP contribution in [0.2, 0.25) is 0 Å². The maximum absolute atomic E-state index is 13.1. The smallest absolute Gasteiger partial charge is 0.408 e. The summed E-state index contributed by atoms with van der Waals surface area (Å²) in [4.78, 5) is 23.4. The molecule has 0 aliphatic carbocycles. The highest BCUT2D eigenvalue weighted by molar-refractivity contribution is 5.79. The molecule has 2 aromatic carbocycles. The number of rotatable bonds is 4. The molecule has 3 aromatic rings.